The molecule has 0 fully saturated rings. The zero-order chi connectivity index (χ0) is 41.8. The van der Waals surface area contributed by atoms with Crippen LogP contribution in [0.3, 0.4) is 0 Å². The molecular weight excluding hydrogens is 699 g/mol. The Morgan fingerprint density at radius 1 is 0.404 bits per heavy atom. The minimum Gasteiger partial charge on any atom is -0.456 e. The summed E-state index contributed by atoms with van der Waals surface area (Å²) in [5.41, 5.74) is 8.97. The third kappa shape index (κ3) is 4.87. The van der Waals surface area contributed by atoms with Crippen molar-refractivity contribution in [1.82, 2.24) is 24.1 Å². The minimum absolute atomic E-state index is 0.0235. The Morgan fingerprint density at radius 2 is 1.02 bits per heavy atom. The lowest BCUT2D eigenvalue weighted by Crippen LogP contribution is -2.00. The van der Waals surface area contributed by atoms with Crippen molar-refractivity contribution in [2.24, 2.45) is 0 Å². The molecule has 0 radical (unpaired) electrons. The van der Waals surface area contributed by atoms with E-state index in [1.165, 1.54) is 10.8 Å². The molecule has 0 aliphatic carbocycles. The minimum atomic E-state index is -0.486. The number of hydrogen-bond acceptors (Lipinski definition) is 4. The molecule has 0 saturated heterocycles. The Balaban J connectivity index is 1.08. The fourth-order valence-electron chi connectivity index (χ4n) is 8.37. The first-order valence-corrected chi connectivity index (χ1v) is 18.7. The third-order valence-electron chi connectivity index (χ3n) is 10.8. The first kappa shape index (κ1) is 26.9. The summed E-state index contributed by atoms with van der Waals surface area (Å²) in [6.07, 6.45) is 0. The van der Waals surface area contributed by atoms with Crippen LogP contribution in [-0.4, -0.2) is 24.1 Å². The number of fused-ring (bicyclic) bond motifs is 9. The molecule has 12 rings (SSSR count). The van der Waals surface area contributed by atoms with Gasteiger partial charge in [-0.1, -0.05) is 127 Å². The molecule has 0 unspecified atom stereocenters. The van der Waals surface area contributed by atoms with E-state index in [1.807, 2.05) is 66.7 Å². The second-order valence-corrected chi connectivity index (χ2v) is 14.1. The molecule has 8 aromatic carbocycles. The Hall–Kier alpha value is -7.83. The fraction of sp³-hybridized carbons (Fsp3) is 0. The van der Waals surface area contributed by atoms with Gasteiger partial charge in [0.2, 0.25) is 0 Å². The molecule has 0 N–H and O–H groups in total. The maximum atomic E-state index is 8.70. The maximum Gasteiger partial charge on any atom is 0.164 e. The smallest absolute Gasteiger partial charge is 0.164 e. The van der Waals surface area contributed by atoms with Crippen molar-refractivity contribution < 1.29 is 11.3 Å². The van der Waals surface area contributed by atoms with Crippen molar-refractivity contribution in [3.8, 4) is 45.5 Å². The second kappa shape index (κ2) is 12.3. The van der Waals surface area contributed by atoms with Crippen molar-refractivity contribution in [1.29, 1.82) is 0 Å². The van der Waals surface area contributed by atoms with E-state index < -0.39 is 18.1 Å². The van der Waals surface area contributed by atoms with E-state index >= 15 is 0 Å². The van der Waals surface area contributed by atoms with Crippen LogP contribution in [0.5, 0.6) is 0 Å². The highest BCUT2D eigenvalue weighted by Gasteiger charge is 2.22. The third-order valence-corrected chi connectivity index (χ3v) is 10.8. The lowest BCUT2D eigenvalue weighted by atomic mass is 10.1. The largest absolute Gasteiger partial charge is 0.456 e. The molecule has 0 aliphatic heterocycles. The Kier molecular flexibility index (Phi) is 5.82. The summed E-state index contributed by atoms with van der Waals surface area (Å²) in [6.45, 7) is 0. The molecule has 4 heterocycles. The van der Waals surface area contributed by atoms with Gasteiger partial charge in [0, 0.05) is 49.3 Å². The van der Waals surface area contributed by atoms with E-state index in [1.54, 1.807) is 0 Å². The normalized spacial score (nSPS) is 13.1. The highest BCUT2D eigenvalue weighted by Crippen LogP contribution is 2.42. The van der Waals surface area contributed by atoms with Gasteiger partial charge in [0.15, 0.2) is 17.5 Å². The molecule has 0 bridgehead atoms. The van der Waals surface area contributed by atoms with E-state index in [-0.39, 0.29) is 29.3 Å². The van der Waals surface area contributed by atoms with Gasteiger partial charge in [0.25, 0.3) is 0 Å². The molecule has 4 aromatic heterocycles. The molecule has 0 saturated carbocycles. The zero-order valence-corrected chi connectivity index (χ0v) is 30.2. The van der Waals surface area contributed by atoms with Gasteiger partial charge in [0.1, 0.15) is 11.2 Å². The monoisotopic (exact) mass is 734 g/mol. The van der Waals surface area contributed by atoms with Gasteiger partial charge in [-0.05, 0) is 60.7 Å². The highest BCUT2D eigenvalue weighted by atomic mass is 16.3. The first-order chi connectivity index (χ1) is 30.3. The van der Waals surface area contributed by atoms with Crippen LogP contribution in [0.1, 0.15) is 6.85 Å². The predicted molar refractivity (Wildman–Crippen MR) is 232 cm³/mol. The van der Waals surface area contributed by atoms with Crippen LogP contribution in [-0.2, 0) is 0 Å². The van der Waals surface area contributed by atoms with E-state index in [2.05, 4.69) is 105 Å². The molecule has 6 nitrogen and oxygen atoms in total. The molecule has 0 aliphatic rings. The van der Waals surface area contributed by atoms with Gasteiger partial charge < -0.3 is 13.6 Å². The number of rotatable bonds is 5. The van der Waals surface area contributed by atoms with Crippen molar-refractivity contribution in [2.45, 2.75) is 0 Å². The molecule has 57 heavy (non-hydrogen) atoms. The number of furan rings is 1. The van der Waals surface area contributed by atoms with Crippen LogP contribution in [0.25, 0.3) is 111 Å². The summed E-state index contributed by atoms with van der Waals surface area (Å²) in [4.78, 5) is 14.3. The summed E-state index contributed by atoms with van der Waals surface area (Å²) >= 11 is 0. The summed E-state index contributed by atoms with van der Waals surface area (Å²) < 4.78 is 53.5. The van der Waals surface area contributed by atoms with Gasteiger partial charge in [0.05, 0.1) is 40.0 Å². The summed E-state index contributed by atoms with van der Waals surface area (Å²) in [6, 6.07) is 51.3. The van der Waals surface area contributed by atoms with Crippen LogP contribution >= 0.6 is 0 Å². The van der Waals surface area contributed by atoms with Crippen LogP contribution < -0.4 is 0 Å². The lowest BCUT2D eigenvalue weighted by Gasteiger charge is -2.11. The maximum absolute atomic E-state index is 8.70. The first-order valence-electron chi connectivity index (χ1n) is 21.2. The van der Waals surface area contributed by atoms with Gasteiger partial charge in [-0.3, -0.25) is 0 Å². The summed E-state index contributed by atoms with van der Waals surface area (Å²) in [7, 11) is 0. The average Bonchev–Trinajstić information content (AvgIpc) is 3.97. The quantitative estimate of drug-likeness (QED) is 0.177. The SMILES string of the molecule is [2H]c1c([2H])c([2H])c(-c2nc(-c3ccccc3)nc(-c3ccc4c(c3)oc3cccc(-n5c6ccccc6c6cc7c8ccccc8n(-c8ccccc8)c7cc65)c34)n2)c([2H])c1[2H]. The van der Waals surface area contributed by atoms with Crippen molar-refractivity contribution in [2.75, 3.05) is 0 Å². The predicted octanol–water partition coefficient (Wildman–Crippen LogP) is 13.0. The molecule has 0 spiro atoms. The average molecular weight is 735 g/mol. The van der Waals surface area contributed by atoms with Gasteiger partial charge >= 0.3 is 0 Å². The van der Waals surface area contributed by atoms with Crippen molar-refractivity contribution in [3.05, 3.63) is 188 Å². The van der Waals surface area contributed by atoms with Crippen molar-refractivity contribution >= 4 is 65.6 Å². The number of para-hydroxylation sites is 3. The van der Waals surface area contributed by atoms with Gasteiger partial charge in [-0.25, -0.2) is 15.0 Å². The lowest BCUT2D eigenvalue weighted by molar-refractivity contribution is 0.669. The standard InChI is InChI=1S/C51H31N5O/c1-4-15-32(16-5-1)49-52-50(33-17-6-2-7-18-33)54-51(53-49)34-27-28-38-47(29-34)57-46-26-14-25-43(48(38)46)56-42-24-13-11-22-37(42)40-30-39-36-21-10-12-23-41(36)55(44(39)31-45(40)56)35-19-8-3-9-20-35/h1-31H/i1D,4D,5D,15D,16D. The Labute approximate surface area is 333 Å². The molecule has 0 amide bonds. The Morgan fingerprint density at radius 3 is 1.75 bits per heavy atom. The second-order valence-electron chi connectivity index (χ2n) is 14.1. The number of nitrogens with zero attached hydrogens (tertiary/aromatic N) is 5. The molecule has 12 aromatic rings. The number of aromatic nitrogens is 5. The van der Waals surface area contributed by atoms with Gasteiger partial charge in [-0.15, -0.1) is 0 Å². The molecule has 266 valence electrons. The van der Waals surface area contributed by atoms with E-state index in [0.29, 0.717) is 28.1 Å². The fourth-order valence-corrected chi connectivity index (χ4v) is 8.37. The number of benzene rings is 8. The van der Waals surface area contributed by atoms with Gasteiger partial charge in [-0.2, -0.15) is 0 Å². The summed E-state index contributed by atoms with van der Waals surface area (Å²) in [5, 5.41) is 6.51. The van der Waals surface area contributed by atoms with Crippen LogP contribution in [0, 0.1) is 0 Å². The number of hydrogen-bond donors (Lipinski definition) is 0. The molecule has 0 atom stereocenters. The zero-order valence-electron chi connectivity index (χ0n) is 35.2. The van der Waals surface area contributed by atoms with Crippen LogP contribution in [0.15, 0.2) is 192 Å². The van der Waals surface area contributed by atoms with Crippen LogP contribution in [0.4, 0.5) is 0 Å². The van der Waals surface area contributed by atoms with E-state index in [0.717, 1.165) is 55.0 Å². The Bertz CT molecular complexity index is 3790. The van der Waals surface area contributed by atoms with Crippen molar-refractivity contribution in [3.63, 3.8) is 0 Å². The highest BCUT2D eigenvalue weighted by molar-refractivity contribution is 6.20. The van der Waals surface area contributed by atoms with Crippen LogP contribution in [0.2, 0.25) is 0 Å². The van der Waals surface area contributed by atoms with E-state index in [4.69, 9.17) is 21.2 Å². The topological polar surface area (TPSA) is 61.7 Å². The molecular formula is C51H31N5O. The molecule has 6 heteroatoms. The summed E-state index contributed by atoms with van der Waals surface area (Å²) in [5.74, 6) is 0.546. The van der Waals surface area contributed by atoms with E-state index in [9.17, 15) is 0 Å².